The maximum absolute atomic E-state index is 5.88. The number of alkyl halides is 1. The van der Waals surface area contributed by atoms with Crippen LogP contribution >= 0.6 is 11.6 Å². The van der Waals surface area contributed by atoms with Crippen molar-refractivity contribution in [2.24, 2.45) is 0 Å². The number of halogens is 2. The van der Waals surface area contributed by atoms with Crippen LogP contribution in [-0.2, 0) is 0 Å². The summed E-state index contributed by atoms with van der Waals surface area (Å²) in [5.74, 6) is 0.818. The summed E-state index contributed by atoms with van der Waals surface area (Å²) in [6.07, 6.45) is 13.7. The second kappa shape index (κ2) is 15.9. The zero-order valence-corrected chi connectivity index (χ0v) is 15.6. The van der Waals surface area contributed by atoms with Gasteiger partial charge in [0.25, 0.3) is 0 Å². The van der Waals surface area contributed by atoms with Crippen molar-refractivity contribution in [2.75, 3.05) is 32.6 Å². The molecule has 0 heterocycles. The molecular weight excluding hydrogens is 289 g/mol. The van der Waals surface area contributed by atoms with Crippen molar-refractivity contribution in [3.63, 3.8) is 0 Å². The van der Waals surface area contributed by atoms with E-state index in [4.69, 9.17) is 11.6 Å². The molecule has 3 heteroatoms. The van der Waals surface area contributed by atoms with E-state index in [0.717, 1.165) is 5.88 Å². The summed E-state index contributed by atoms with van der Waals surface area (Å²) in [5, 5.41) is 0. The van der Waals surface area contributed by atoms with Crippen LogP contribution in [0.2, 0.25) is 0 Å². The fraction of sp³-hybridized carbons (Fsp3) is 1.00. The second-order valence-electron chi connectivity index (χ2n) is 6.31. The van der Waals surface area contributed by atoms with Crippen molar-refractivity contribution < 1.29 is 16.9 Å². The first-order valence-electron chi connectivity index (χ1n) is 8.58. The summed E-state index contributed by atoms with van der Waals surface area (Å²) < 4.78 is 1.25. The van der Waals surface area contributed by atoms with E-state index in [1.54, 1.807) is 0 Å². The van der Waals surface area contributed by atoms with E-state index in [1.807, 2.05) is 0 Å². The van der Waals surface area contributed by atoms with Gasteiger partial charge in [0, 0.05) is 12.3 Å². The standard InChI is InChI=1S/C17H37ClN.ClH/c1-4-6-8-9-10-12-16-19(3,17-13-14-18)15-11-7-5-2;/h4-17H2,1-3H3;1H/q+1;/p-1. The molecule has 0 bridgehead atoms. The Morgan fingerprint density at radius 3 is 1.60 bits per heavy atom. The SMILES string of the molecule is CCCCCCCC[N+](C)(CCCCl)CCCCC.[Cl-]. The largest absolute Gasteiger partial charge is 1.00 e. The third-order valence-electron chi connectivity index (χ3n) is 4.18. The minimum absolute atomic E-state index is 0. The van der Waals surface area contributed by atoms with Gasteiger partial charge in [0.05, 0.1) is 26.7 Å². The third-order valence-corrected chi connectivity index (χ3v) is 4.45. The van der Waals surface area contributed by atoms with Gasteiger partial charge in [-0.3, -0.25) is 0 Å². The maximum Gasteiger partial charge on any atom is 0.0796 e. The highest BCUT2D eigenvalue weighted by molar-refractivity contribution is 6.17. The Bertz CT molecular complexity index is 188. The summed E-state index contributed by atoms with van der Waals surface area (Å²) >= 11 is 5.88. The van der Waals surface area contributed by atoms with Crippen LogP contribution in [0.25, 0.3) is 0 Å². The van der Waals surface area contributed by atoms with Crippen molar-refractivity contribution in [1.29, 1.82) is 0 Å². The molecule has 0 spiro atoms. The molecule has 0 radical (unpaired) electrons. The molecule has 0 aliphatic carbocycles. The Morgan fingerprint density at radius 2 is 1.05 bits per heavy atom. The lowest BCUT2D eigenvalue weighted by atomic mass is 10.1. The molecular formula is C17H37Cl2N. The molecule has 0 rings (SSSR count). The summed E-state index contributed by atoms with van der Waals surface area (Å²) in [5.41, 5.74) is 0. The van der Waals surface area contributed by atoms with Gasteiger partial charge in [0.2, 0.25) is 0 Å². The molecule has 0 saturated heterocycles. The topological polar surface area (TPSA) is 0 Å². The molecule has 0 N–H and O–H groups in total. The van der Waals surface area contributed by atoms with Crippen LogP contribution in [0.15, 0.2) is 0 Å². The van der Waals surface area contributed by atoms with E-state index in [1.165, 1.54) is 88.3 Å². The van der Waals surface area contributed by atoms with Gasteiger partial charge in [0.15, 0.2) is 0 Å². The summed E-state index contributed by atoms with van der Waals surface area (Å²) in [7, 11) is 2.44. The molecule has 1 nitrogen and oxygen atoms in total. The Hall–Kier alpha value is 0.540. The summed E-state index contributed by atoms with van der Waals surface area (Å²) in [4.78, 5) is 0. The van der Waals surface area contributed by atoms with E-state index in [-0.39, 0.29) is 12.4 Å². The Morgan fingerprint density at radius 1 is 0.650 bits per heavy atom. The highest BCUT2D eigenvalue weighted by atomic mass is 35.5. The summed E-state index contributed by atoms with van der Waals surface area (Å²) in [6.45, 7) is 8.54. The van der Waals surface area contributed by atoms with Gasteiger partial charge >= 0.3 is 0 Å². The number of rotatable bonds is 14. The molecule has 1 atom stereocenters. The predicted octanol–water partition coefficient (Wildman–Crippen LogP) is 2.62. The molecule has 0 amide bonds. The van der Waals surface area contributed by atoms with Crippen molar-refractivity contribution in [3.05, 3.63) is 0 Å². The smallest absolute Gasteiger partial charge is 0.0796 e. The predicted molar refractivity (Wildman–Crippen MR) is 89.0 cm³/mol. The molecule has 0 aromatic carbocycles. The number of nitrogens with zero attached hydrogens (tertiary/aromatic N) is 1. The minimum Gasteiger partial charge on any atom is -1.00 e. The second-order valence-corrected chi connectivity index (χ2v) is 6.69. The fourth-order valence-corrected chi connectivity index (χ4v) is 2.91. The van der Waals surface area contributed by atoms with Crippen LogP contribution in [0.4, 0.5) is 0 Å². The molecule has 0 aliphatic heterocycles. The lowest BCUT2D eigenvalue weighted by molar-refractivity contribution is -0.910. The Kier molecular flexibility index (Phi) is 18.2. The zero-order valence-electron chi connectivity index (χ0n) is 14.1. The number of unbranched alkanes of at least 4 members (excludes halogenated alkanes) is 7. The molecule has 0 aromatic rings. The number of hydrogen-bond donors (Lipinski definition) is 0. The molecule has 0 aromatic heterocycles. The van der Waals surface area contributed by atoms with Crippen molar-refractivity contribution >= 4 is 11.6 Å². The highest BCUT2D eigenvalue weighted by Crippen LogP contribution is 2.13. The molecule has 124 valence electrons. The molecule has 0 saturated carbocycles. The van der Waals surface area contributed by atoms with Gasteiger partial charge in [-0.15, -0.1) is 11.6 Å². The van der Waals surface area contributed by atoms with Crippen LogP contribution < -0.4 is 12.4 Å². The minimum atomic E-state index is 0. The summed E-state index contributed by atoms with van der Waals surface area (Å²) in [6, 6.07) is 0. The van der Waals surface area contributed by atoms with Crippen molar-refractivity contribution in [2.45, 2.75) is 78.1 Å². The Labute approximate surface area is 139 Å². The van der Waals surface area contributed by atoms with Crippen LogP contribution in [0, 0.1) is 0 Å². The van der Waals surface area contributed by atoms with Crippen molar-refractivity contribution in [1.82, 2.24) is 0 Å². The maximum atomic E-state index is 5.88. The quantitative estimate of drug-likeness (QED) is 0.261. The molecule has 0 fully saturated rings. The van der Waals surface area contributed by atoms with Crippen molar-refractivity contribution in [3.8, 4) is 0 Å². The molecule has 1 unspecified atom stereocenters. The van der Waals surface area contributed by atoms with E-state index in [0.29, 0.717) is 0 Å². The average Bonchev–Trinajstić information content (AvgIpc) is 2.41. The first-order valence-corrected chi connectivity index (χ1v) is 9.11. The van der Waals surface area contributed by atoms with Gasteiger partial charge < -0.3 is 16.9 Å². The van der Waals surface area contributed by atoms with Gasteiger partial charge in [-0.1, -0.05) is 46.0 Å². The lowest BCUT2D eigenvalue weighted by Gasteiger charge is -2.35. The van der Waals surface area contributed by atoms with Crippen LogP contribution in [-0.4, -0.2) is 37.0 Å². The van der Waals surface area contributed by atoms with Crippen LogP contribution in [0.5, 0.6) is 0 Å². The normalized spacial score (nSPS) is 13.8. The van der Waals surface area contributed by atoms with Gasteiger partial charge in [-0.25, -0.2) is 0 Å². The number of quaternary nitrogens is 1. The lowest BCUT2D eigenvalue weighted by Crippen LogP contribution is -3.00. The number of hydrogen-bond acceptors (Lipinski definition) is 0. The van der Waals surface area contributed by atoms with Crippen LogP contribution in [0.3, 0.4) is 0 Å². The third kappa shape index (κ3) is 13.5. The molecule has 20 heavy (non-hydrogen) atoms. The van der Waals surface area contributed by atoms with E-state index < -0.39 is 0 Å². The average molecular weight is 326 g/mol. The van der Waals surface area contributed by atoms with Crippen LogP contribution in [0.1, 0.15) is 78.1 Å². The fourth-order valence-electron chi connectivity index (χ4n) is 2.79. The van der Waals surface area contributed by atoms with Gasteiger partial charge in [-0.2, -0.15) is 0 Å². The zero-order chi connectivity index (χ0) is 14.4. The first-order chi connectivity index (χ1) is 9.18. The highest BCUT2D eigenvalue weighted by Gasteiger charge is 2.19. The Balaban J connectivity index is 0. The molecule has 0 aliphatic rings. The van der Waals surface area contributed by atoms with E-state index in [9.17, 15) is 0 Å². The van der Waals surface area contributed by atoms with Gasteiger partial charge in [-0.05, 0) is 25.7 Å². The van der Waals surface area contributed by atoms with E-state index >= 15 is 0 Å². The van der Waals surface area contributed by atoms with Gasteiger partial charge in [0.1, 0.15) is 0 Å². The monoisotopic (exact) mass is 325 g/mol. The van der Waals surface area contributed by atoms with E-state index in [2.05, 4.69) is 20.9 Å². The first kappa shape index (κ1) is 22.8.